The van der Waals surface area contributed by atoms with E-state index >= 15 is 0 Å². The molecule has 8 nitrogen and oxygen atoms in total. The number of hydrogen-bond acceptors (Lipinski definition) is 4. The van der Waals surface area contributed by atoms with E-state index in [2.05, 4.69) is 4.98 Å². The van der Waals surface area contributed by atoms with Crippen molar-refractivity contribution >= 4 is 28.3 Å². The number of likely N-dealkylation sites (N-methyl/N-ethyl adjacent to an activating group) is 1. The molecule has 1 atom stereocenters. The smallest absolute Gasteiger partial charge is 0.410 e. The molecule has 1 N–H and O–H groups in total. The number of fused-ring (bicyclic) bond motifs is 4. The predicted molar refractivity (Wildman–Crippen MR) is 138 cm³/mol. The maximum absolute atomic E-state index is 14.4. The molecule has 0 saturated carbocycles. The molecule has 1 aliphatic heterocycles. The molecule has 4 aromatic rings. The van der Waals surface area contributed by atoms with Crippen LogP contribution in [0, 0.1) is 11.6 Å². The second kappa shape index (κ2) is 9.68. The van der Waals surface area contributed by atoms with Crippen molar-refractivity contribution in [3.63, 3.8) is 0 Å². The van der Waals surface area contributed by atoms with Crippen LogP contribution < -0.4 is 5.56 Å². The number of aromatic nitrogens is 2. The second-order valence-corrected chi connectivity index (χ2v) is 10.8. The summed E-state index contributed by atoms with van der Waals surface area (Å²) in [5.74, 6) is -2.89. The Morgan fingerprint density at radius 2 is 1.75 bits per heavy atom. The molecule has 1 unspecified atom stereocenters. The summed E-state index contributed by atoms with van der Waals surface area (Å²) in [7, 11) is 1.47. The molecule has 0 saturated heterocycles. The molecule has 4 heterocycles. The molecule has 0 spiro atoms. The third-order valence-electron chi connectivity index (χ3n) is 6.81. The molecule has 0 fully saturated rings. The first-order chi connectivity index (χ1) is 18.7. The van der Waals surface area contributed by atoms with Crippen molar-refractivity contribution in [2.45, 2.75) is 45.4 Å². The van der Waals surface area contributed by atoms with Crippen molar-refractivity contribution in [3.05, 3.63) is 87.1 Å². The minimum Gasteiger partial charge on any atom is -0.444 e. The van der Waals surface area contributed by atoms with Gasteiger partial charge in [-0.1, -0.05) is 0 Å². The van der Waals surface area contributed by atoms with E-state index in [0.717, 1.165) is 12.1 Å². The number of pyridine rings is 2. The highest BCUT2D eigenvalue weighted by atomic mass is 19.3. The minimum atomic E-state index is -2.69. The van der Waals surface area contributed by atoms with Gasteiger partial charge in [-0.25, -0.2) is 22.4 Å². The number of hydrogen-bond donors (Lipinski definition) is 1. The molecule has 0 bridgehead atoms. The number of nitrogens with one attached hydrogen (secondary N) is 1. The topological polar surface area (TPSA) is 87.1 Å². The first-order valence-corrected chi connectivity index (χ1v) is 12.4. The average Bonchev–Trinajstić information content (AvgIpc) is 3.30. The Labute approximate surface area is 225 Å². The maximum atomic E-state index is 14.4. The van der Waals surface area contributed by atoms with Crippen LogP contribution in [0.5, 0.6) is 0 Å². The number of amides is 2. The quantitative estimate of drug-likeness (QED) is 0.334. The summed E-state index contributed by atoms with van der Waals surface area (Å²) in [5.41, 5.74) is -0.435. The van der Waals surface area contributed by atoms with Crippen LogP contribution in [0.1, 0.15) is 60.4 Å². The number of halogens is 4. The Morgan fingerprint density at radius 1 is 1.07 bits per heavy atom. The highest BCUT2D eigenvalue weighted by Crippen LogP contribution is 2.36. The molecule has 5 rings (SSSR count). The fraction of sp³-hybridized carbons (Fsp3) is 0.321. The van der Waals surface area contributed by atoms with Gasteiger partial charge < -0.3 is 19.0 Å². The number of H-pyrrole nitrogens is 1. The summed E-state index contributed by atoms with van der Waals surface area (Å²) in [4.78, 5) is 44.8. The van der Waals surface area contributed by atoms with Crippen LogP contribution in [0.2, 0.25) is 0 Å². The molecule has 40 heavy (non-hydrogen) atoms. The predicted octanol–water partition coefficient (Wildman–Crippen LogP) is 5.56. The average molecular weight is 559 g/mol. The third kappa shape index (κ3) is 4.89. The van der Waals surface area contributed by atoms with Crippen LogP contribution in [0.4, 0.5) is 22.4 Å². The molecule has 1 aliphatic rings. The monoisotopic (exact) mass is 558 g/mol. The van der Waals surface area contributed by atoms with E-state index in [1.807, 2.05) is 0 Å². The zero-order chi connectivity index (χ0) is 29.1. The Bertz CT molecular complexity index is 1720. The highest BCUT2D eigenvalue weighted by molar-refractivity contribution is 5.96. The SMILES string of the molecule is CN(C(=O)c1cc2ccc(C(F)F)cn2c1)C1CN(C(=O)OC(C)(C)C)Cc2[nH]c(=O)c3cc(F)c(F)cc3c21. The van der Waals surface area contributed by atoms with Crippen molar-refractivity contribution in [1.29, 1.82) is 0 Å². The fourth-order valence-corrected chi connectivity index (χ4v) is 4.95. The van der Waals surface area contributed by atoms with Crippen LogP contribution in [0.25, 0.3) is 16.3 Å². The lowest BCUT2D eigenvalue weighted by molar-refractivity contribution is 0.0142. The summed E-state index contributed by atoms with van der Waals surface area (Å²) in [6.07, 6.45) is -0.738. The van der Waals surface area contributed by atoms with Crippen LogP contribution in [0.3, 0.4) is 0 Å². The first-order valence-electron chi connectivity index (χ1n) is 12.4. The van der Waals surface area contributed by atoms with E-state index in [1.165, 1.54) is 51.8 Å². The summed E-state index contributed by atoms with van der Waals surface area (Å²) in [5, 5.41) is -0.00175. The van der Waals surface area contributed by atoms with E-state index in [-0.39, 0.29) is 40.7 Å². The third-order valence-corrected chi connectivity index (χ3v) is 6.81. The van der Waals surface area contributed by atoms with E-state index in [4.69, 9.17) is 4.74 Å². The number of nitrogens with zero attached hydrogens (tertiary/aromatic N) is 3. The van der Waals surface area contributed by atoms with Gasteiger partial charge in [-0.15, -0.1) is 0 Å². The second-order valence-electron chi connectivity index (χ2n) is 10.8. The van der Waals surface area contributed by atoms with Gasteiger partial charge in [0.1, 0.15) is 5.60 Å². The number of rotatable bonds is 3. The molecule has 1 aromatic carbocycles. The Hall–Kier alpha value is -4.35. The van der Waals surface area contributed by atoms with Gasteiger partial charge in [-0.05, 0) is 56.5 Å². The molecule has 0 aliphatic carbocycles. The Balaban J connectivity index is 1.61. The largest absolute Gasteiger partial charge is 0.444 e. The lowest BCUT2D eigenvalue weighted by atomic mass is 9.92. The molecular weight excluding hydrogens is 532 g/mol. The van der Waals surface area contributed by atoms with Gasteiger partial charge in [0.2, 0.25) is 0 Å². The number of alkyl halides is 2. The van der Waals surface area contributed by atoms with E-state index in [9.17, 15) is 31.9 Å². The van der Waals surface area contributed by atoms with E-state index < -0.39 is 47.3 Å². The number of carbonyl (C=O) groups excluding carboxylic acids is 2. The number of aromatic amines is 1. The fourth-order valence-electron chi connectivity index (χ4n) is 4.95. The van der Waals surface area contributed by atoms with Crippen LogP contribution in [0.15, 0.2) is 47.5 Å². The standard InChI is InChI=1S/C28H26F4N4O4/c1-28(2,3)40-27(39)36-12-21-23(17-8-19(29)20(30)9-18(17)25(37)33-21)22(13-36)34(4)26(38)15-7-16-6-5-14(24(31)32)10-35(16)11-15/h5-11,22,24H,12-13H2,1-4H3,(H,33,37). The van der Waals surface area contributed by atoms with Gasteiger partial charge in [0.15, 0.2) is 11.6 Å². The van der Waals surface area contributed by atoms with Crippen molar-refractivity contribution in [3.8, 4) is 0 Å². The van der Waals surface area contributed by atoms with E-state index in [1.54, 1.807) is 20.8 Å². The Morgan fingerprint density at radius 3 is 2.40 bits per heavy atom. The van der Waals surface area contributed by atoms with Gasteiger partial charge in [0.05, 0.1) is 23.5 Å². The lowest BCUT2D eigenvalue weighted by Gasteiger charge is -2.39. The normalized spacial score (nSPS) is 15.5. The van der Waals surface area contributed by atoms with Gasteiger partial charge in [0, 0.05) is 48.3 Å². The van der Waals surface area contributed by atoms with E-state index in [0.29, 0.717) is 11.1 Å². The van der Waals surface area contributed by atoms with Crippen molar-refractivity contribution in [1.82, 2.24) is 19.2 Å². The summed E-state index contributed by atoms with van der Waals surface area (Å²) in [6.45, 7) is 4.91. The molecular formula is C28H26F4N4O4. The zero-order valence-electron chi connectivity index (χ0n) is 22.1. The highest BCUT2D eigenvalue weighted by Gasteiger charge is 2.37. The first kappa shape index (κ1) is 27.2. The summed E-state index contributed by atoms with van der Waals surface area (Å²) in [6, 6.07) is 5.06. The van der Waals surface area contributed by atoms with Gasteiger partial charge in [0.25, 0.3) is 17.9 Å². The molecule has 0 radical (unpaired) electrons. The summed E-state index contributed by atoms with van der Waals surface area (Å²) >= 11 is 0. The molecule has 3 aromatic heterocycles. The lowest BCUT2D eigenvalue weighted by Crippen LogP contribution is -2.47. The van der Waals surface area contributed by atoms with Crippen molar-refractivity contribution in [2.24, 2.45) is 0 Å². The van der Waals surface area contributed by atoms with Crippen molar-refractivity contribution < 1.29 is 31.9 Å². The van der Waals surface area contributed by atoms with Gasteiger partial charge >= 0.3 is 6.09 Å². The Kier molecular flexibility index (Phi) is 6.59. The number of carbonyl (C=O) groups is 2. The van der Waals surface area contributed by atoms with Crippen LogP contribution in [-0.2, 0) is 11.3 Å². The van der Waals surface area contributed by atoms with Crippen molar-refractivity contribution in [2.75, 3.05) is 13.6 Å². The molecule has 210 valence electrons. The van der Waals surface area contributed by atoms with Crippen LogP contribution >= 0.6 is 0 Å². The maximum Gasteiger partial charge on any atom is 0.410 e. The van der Waals surface area contributed by atoms with Crippen LogP contribution in [-0.4, -0.2) is 50.4 Å². The van der Waals surface area contributed by atoms with Gasteiger partial charge in [-0.2, -0.15) is 0 Å². The summed E-state index contributed by atoms with van der Waals surface area (Å²) < 4.78 is 61.7. The number of ether oxygens (including phenoxy) is 1. The van der Waals surface area contributed by atoms with Gasteiger partial charge in [-0.3, -0.25) is 14.5 Å². The minimum absolute atomic E-state index is 0.0762. The zero-order valence-corrected chi connectivity index (χ0v) is 22.1. The molecule has 2 amide bonds. The number of benzene rings is 1. The molecule has 12 heteroatoms.